The predicted molar refractivity (Wildman–Crippen MR) is 73.8 cm³/mol. The standard InChI is InChI=1S/C15H19F2NO2/c1-10(2)18-7-14-12(8-19-9-15(16)17)11-5-3-4-6-13(11)20-14/h3-6,10,15,18H,7-9H2,1-2H3. The van der Waals surface area contributed by atoms with Gasteiger partial charge in [-0.3, -0.25) is 0 Å². The lowest BCUT2D eigenvalue weighted by Crippen LogP contribution is -2.22. The molecule has 0 amide bonds. The Bertz CT molecular complexity index is 552. The summed E-state index contributed by atoms with van der Waals surface area (Å²) in [6.07, 6.45) is -2.45. The van der Waals surface area contributed by atoms with Gasteiger partial charge in [0.15, 0.2) is 0 Å². The summed E-state index contributed by atoms with van der Waals surface area (Å²) in [5, 5.41) is 4.18. The van der Waals surface area contributed by atoms with Crippen LogP contribution in [0.4, 0.5) is 8.78 Å². The smallest absolute Gasteiger partial charge is 0.261 e. The second kappa shape index (κ2) is 6.81. The van der Waals surface area contributed by atoms with Crippen molar-refractivity contribution in [2.24, 2.45) is 0 Å². The molecule has 1 aromatic carbocycles. The Morgan fingerprint density at radius 2 is 2.00 bits per heavy atom. The van der Waals surface area contributed by atoms with E-state index in [1.54, 1.807) is 0 Å². The summed E-state index contributed by atoms with van der Waals surface area (Å²) in [6.45, 7) is 4.21. The number of fused-ring (bicyclic) bond motifs is 1. The first-order valence-corrected chi connectivity index (χ1v) is 6.66. The van der Waals surface area contributed by atoms with Gasteiger partial charge < -0.3 is 14.5 Å². The Labute approximate surface area is 116 Å². The van der Waals surface area contributed by atoms with Crippen molar-refractivity contribution < 1.29 is 17.9 Å². The molecule has 2 aromatic rings. The highest BCUT2D eigenvalue weighted by Crippen LogP contribution is 2.26. The molecule has 1 N–H and O–H groups in total. The number of halogens is 2. The Morgan fingerprint density at radius 3 is 2.70 bits per heavy atom. The molecule has 20 heavy (non-hydrogen) atoms. The van der Waals surface area contributed by atoms with Crippen LogP contribution in [0.15, 0.2) is 28.7 Å². The number of benzene rings is 1. The molecule has 2 rings (SSSR count). The molecule has 110 valence electrons. The highest BCUT2D eigenvalue weighted by molar-refractivity contribution is 5.82. The van der Waals surface area contributed by atoms with Crippen LogP contribution < -0.4 is 5.32 Å². The van der Waals surface area contributed by atoms with Gasteiger partial charge in [-0.2, -0.15) is 0 Å². The zero-order valence-electron chi connectivity index (χ0n) is 11.7. The molecule has 0 radical (unpaired) electrons. The van der Waals surface area contributed by atoms with Crippen molar-refractivity contribution in [2.75, 3.05) is 6.61 Å². The summed E-state index contributed by atoms with van der Waals surface area (Å²) >= 11 is 0. The third-order valence-electron chi connectivity index (χ3n) is 2.94. The van der Waals surface area contributed by atoms with Crippen LogP contribution in [0.2, 0.25) is 0 Å². The van der Waals surface area contributed by atoms with Crippen molar-refractivity contribution in [1.29, 1.82) is 0 Å². The van der Waals surface area contributed by atoms with Crippen molar-refractivity contribution >= 4 is 11.0 Å². The van der Waals surface area contributed by atoms with Crippen molar-refractivity contribution in [1.82, 2.24) is 5.32 Å². The van der Waals surface area contributed by atoms with E-state index >= 15 is 0 Å². The molecule has 0 fully saturated rings. The van der Waals surface area contributed by atoms with Crippen molar-refractivity contribution in [3.05, 3.63) is 35.6 Å². The van der Waals surface area contributed by atoms with Gasteiger partial charge in [-0.05, 0) is 6.07 Å². The maximum absolute atomic E-state index is 12.2. The second-order valence-electron chi connectivity index (χ2n) is 4.94. The lowest BCUT2D eigenvalue weighted by molar-refractivity contribution is 0.00971. The lowest BCUT2D eigenvalue weighted by atomic mass is 10.1. The third-order valence-corrected chi connectivity index (χ3v) is 2.94. The molecule has 0 aliphatic rings. The summed E-state index contributed by atoms with van der Waals surface area (Å²) < 4.78 is 35.2. The van der Waals surface area contributed by atoms with E-state index in [2.05, 4.69) is 5.32 Å². The van der Waals surface area contributed by atoms with E-state index in [4.69, 9.17) is 9.15 Å². The number of furan rings is 1. The fraction of sp³-hybridized carbons (Fsp3) is 0.467. The van der Waals surface area contributed by atoms with E-state index in [-0.39, 0.29) is 6.61 Å². The first kappa shape index (κ1) is 14.9. The van der Waals surface area contributed by atoms with Crippen LogP contribution in [0.3, 0.4) is 0 Å². The fourth-order valence-corrected chi connectivity index (χ4v) is 2.00. The third kappa shape index (κ3) is 3.77. The molecule has 0 unspecified atom stereocenters. The highest BCUT2D eigenvalue weighted by atomic mass is 19.3. The number of hydrogen-bond acceptors (Lipinski definition) is 3. The topological polar surface area (TPSA) is 34.4 Å². The van der Waals surface area contributed by atoms with Gasteiger partial charge in [0.2, 0.25) is 0 Å². The molecular weight excluding hydrogens is 264 g/mol. The van der Waals surface area contributed by atoms with Gasteiger partial charge in [-0.1, -0.05) is 32.0 Å². The van der Waals surface area contributed by atoms with Crippen LogP contribution in [-0.4, -0.2) is 19.1 Å². The van der Waals surface area contributed by atoms with Crippen molar-refractivity contribution in [3.8, 4) is 0 Å². The maximum Gasteiger partial charge on any atom is 0.261 e. The number of alkyl halides is 2. The SMILES string of the molecule is CC(C)NCc1oc2ccccc2c1COCC(F)F. The Kier molecular flexibility index (Phi) is 5.09. The summed E-state index contributed by atoms with van der Waals surface area (Å²) in [6, 6.07) is 7.88. The van der Waals surface area contributed by atoms with Crippen LogP contribution in [-0.2, 0) is 17.9 Å². The first-order valence-electron chi connectivity index (χ1n) is 6.66. The van der Waals surface area contributed by atoms with E-state index in [1.807, 2.05) is 38.1 Å². The molecule has 3 nitrogen and oxygen atoms in total. The molecule has 1 heterocycles. The largest absolute Gasteiger partial charge is 0.459 e. The van der Waals surface area contributed by atoms with E-state index in [0.29, 0.717) is 12.6 Å². The van der Waals surface area contributed by atoms with Gasteiger partial charge in [0.05, 0.1) is 13.2 Å². The van der Waals surface area contributed by atoms with Crippen molar-refractivity contribution in [2.45, 2.75) is 39.5 Å². The number of rotatable bonds is 7. The molecule has 0 bridgehead atoms. The minimum atomic E-state index is -2.45. The predicted octanol–water partition coefficient (Wildman–Crippen LogP) is 3.71. The van der Waals surface area contributed by atoms with Crippen LogP contribution in [0, 0.1) is 0 Å². The van der Waals surface area contributed by atoms with Gasteiger partial charge in [0.1, 0.15) is 18.0 Å². The minimum absolute atomic E-state index is 0.135. The van der Waals surface area contributed by atoms with Crippen LogP contribution in [0.25, 0.3) is 11.0 Å². The van der Waals surface area contributed by atoms with Crippen molar-refractivity contribution in [3.63, 3.8) is 0 Å². The Hall–Kier alpha value is -1.46. The lowest BCUT2D eigenvalue weighted by Gasteiger charge is -2.08. The molecule has 0 atom stereocenters. The first-order chi connectivity index (χ1) is 9.58. The summed E-state index contributed by atoms with van der Waals surface area (Å²) in [7, 11) is 0. The molecule has 0 aliphatic heterocycles. The van der Waals surface area contributed by atoms with E-state index in [0.717, 1.165) is 22.3 Å². The Balaban J connectivity index is 2.20. The molecule has 0 saturated heterocycles. The quantitative estimate of drug-likeness (QED) is 0.841. The molecule has 0 aliphatic carbocycles. The molecular formula is C15H19F2NO2. The van der Waals surface area contributed by atoms with E-state index < -0.39 is 13.0 Å². The van der Waals surface area contributed by atoms with E-state index in [1.165, 1.54) is 0 Å². The number of para-hydroxylation sites is 1. The summed E-state index contributed by atoms with van der Waals surface area (Å²) in [5.41, 5.74) is 1.60. The van der Waals surface area contributed by atoms with Gasteiger partial charge in [0.25, 0.3) is 6.43 Å². The summed E-state index contributed by atoms with van der Waals surface area (Å²) in [4.78, 5) is 0. The minimum Gasteiger partial charge on any atom is -0.459 e. The van der Waals surface area contributed by atoms with E-state index in [9.17, 15) is 8.78 Å². The zero-order chi connectivity index (χ0) is 14.5. The van der Waals surface area contributed by atoms with Gasteiger partial charge in [-0.15, -0.1) is 0 Å². The van der Waals surface area contributed by atoms with Gasteiger partial charge >= 0.3 is 0 Å². The highest BCUT2D eigenvalue weighted by Gasteiger charge is 2.15. The number of hydrogen-bond donors (Lipinski definition) is 1. The van der Waals surface area contributed by atoms with Crippen LogP contribution in [0.5, 0.6) is 0 Å². The maximum atomic E-state index is 12.2. The molecule has 0 spiro atoms. The van der Waals surface area contributed by atoms with Gasteiger partial charge in [0, 0.05) is 17.0 Å². The monoisotopic (exact) mass is 283 g/mol. The Morgan fingerprint density at radius 1 is 1.25 bits per heavy atom. The zero-order valence-corrected chi connectivity index (χ0v) is 11.7. The van der Waals surface area contributed by atoms with Gasteiger partial charge in [-0.25, -0.2) is 8.78 Å². The second-order valence-corrected chi connectivity index (χ2v) is 4.94. The molecule has 0 saturated carbocycles. The molecule has 1 aromatic heterocycles. The van der Waals surface area contributed by atoms with Crippen LogP contribution >= 0.6 is 0 Å². The molecule has 5 heteroatoms. The number of ether oxygens (including phenoxy) is 1. The summed E-state index contributed by atoms with van der Waals surface area (Å²) in [5.74, 6) is 0.745. The van der Waals surface area contributed by atoms with Crippen LogP contribution in [0.1, 0.15) is 25.2 Å². The number of nitrogens with one attached hydrogen (secondary N) is 1. The average Bonchev–Trinajstić information content (AvgIpc) is 2.74. The average molecular weight is 283 g/mol. The fourth-order valence-electron chi connectivity index (χ4n) is 2.00. The normalized spacial score (nSPS) is 11.9.